The Morgan fingerprint density at radius 2 is 1.97 bits per heavy atom. The number of fused-ring (bicyclic) bond motifs is 1. The maximum Gasteiger partial charge on any atom is 0.252 e. The van der Waals surface area contributed by atoms with Crippen LogP contribution in [0.1, 0.15) is 37.3 Å². The van der Waals surface area contributed by atoms with Gasteiger partial charge in [-0.2, -0.15) is 0 Å². The molecule has 33 heavy (non-hydrogen) atoms. The van der Waals surface area contributed by atoms with E-state index in [1.54, 1.807) is 18.2 Å². The summed E-state index contributed by atoms with van der Waals surface area (Å²) in [4.78, 5) is 15.3. The van der Waals surface area contributed by atoms with Gasteiger partial charge in [-0.1, -0.05) is 6.07 Å². The Hall–Kier alpha value is -2.77. The molecule has 0 aromatic heterocycles. The number of nitrogens with one attached hydrogen (secondary N) is 2. The lowest BCUT2D eigenvalue weighted by Crippen LogP contribution is -2.40. The number of ether oxygens (including phenoxy) is 1. The van der Waals surface area contributed by atoms with Crippen LogP contribution in [-0.2, 0) is 16.1 Å². The molecule has 3 aliphatic rings. The minimum atomic E-state index is -0.863. The van der Waals surface area contributed by atoms with Gasteiger partial charge < -0.3 is 15.4 Å². The molecule has 1 atom stereocenters. The summed E-state index contributed by atoms with van der Waals surface area (Å²) in [6.07, 6.45) is 3.28. The highest BCUT2D eigenvalue weighted by Crippen LogP contribution is 2.36. The lowest BCUT2D eigenvalue weighted by Gasteiger charge is -2.28. The van der Waals surface area contributed by atoms with Gasteiger partial charge in [-0.3, -0.25) is 9.69 Å². The lowest BCUT2D eigenvalue weighted by atomic mass is 9.91. The fraction of sp³-hybridized carbons (Fsp3) is 0.423. The second kappa shape index (κ2) is 9.23. The molecule has 0 spiro atoms. The summed E-state index contributed by atoms with van der Waals surface area (Å²) in [5.41, 5.74) is 4.53. The molecule has 1 unspecified atom stereocenters. The van der Waals surface area contributed by atoms with Crippen LogP contribution in [0, 0.1) is 11.6 Å². The molecule has 2 aromatic carbocycles. The predicted molar refractivity (Wildman–Crippen MR) is 125 cm³/mol. The van der Waals surface area contributed by atoms with Crippen molar-refractivity contribution < 1.29 is 18.3 Å². The van der Waals surface area contributed by atoms with Gasteiger partial charge in [0.1, 0.15) is 0 Å². The van der Waals surface area contributed by atoms with Crippen LogP contribution in [-0.4, -0.2) is 49.7 Å². The van der Waals surface area contributed by atoms with E-state index in [0.29, 0.717) is 36.3 Å². The number of rotatable bonds is 6. The van der Waals surface area contributed by atoms with E-state index >= 15 is 0 Å². The van der Waals surface area contributed by atoms with Crippen LogP contribution in [0.15, 0.2) is 35.9 Å². The summed E-state index contributed by atoms with van der Waals surface area (Å²) < 4.78 is 34.8. The van der Waals surface area contributed by atoms with Crippen molar-refractivity contribution in [2.45, 2.75) is 38.8 Å². The smallest absolute Gasteiger partial charge is 0.252 e. The molecule has 0 saturated carbocycles. The molecular weight excluding hydrogens is 424 g/mol. The van der Waals surface area contributed by atoms with E-state index in [1.807, 2.05) is 13.0 Å². The second-order valence-electron chi connectivity index (χ2n) is 9.18. The van der Waals surface area contributed by atoms with Gasteiger partial charge in [0.05, 0.1) is 6.10 Å². The van der Waals surface area contributed by atoms with Gasteiger partial charge in [0.25, 0.3) is 5.91 Å². The summed E-state index contributed by atoms with van der Waals surface area (Å²) in [6, 6.07) is 8.43. The number of carbonyl (C=O) groups excluding carboxylic acids is 1. The van der Waals surface area contributed by atoms with Gasteiger partial charge in [-0.05, 0) is 80.2 Å². The van der Waals surface area contributed by atoms with Crippen molar-refractivity contribution in [2.75, 3.05) is 38.1 Å². The quantitative estimate of drug-likeness (QED) is 0.684. The third-order valence-corrected chi connectivity index (χ3v) is 6.77. The van der Waals surface area contributed by atoms with E-state index in [0.717, 1.165) is 55.8 Å². The average Bonchev–Trinajstić information content (AvgIpc) is 3.27. The monoisotopic (exact) mass is 453 g/mol. The second-order valence-corrected chi connectivity index (χ2v) is 9.18. The van der Waals surface area contributed by atoms with Crippen molar-refractivity contribution in [2.24, 2.45) is 0 Å². The number of hydrogen-bond acceptors (Lipinski definition) is 4. The van der Waals surface area contributed by atoms with Gasteiger partial charge >= 0.3 is 0 Å². The average molecular weight is 454 g/mol. The minimum Gasteiger partial charge on any atom is -0.381 e. The predicted octanol–water partition coefficient (Wildman–Crippen LogP) is 4.33. The van der Waals surface area contributed by atoms with Crippen LogP contribution in [0.3, 0.4) is 0 Å². The molecule has 0 radical (unpaired) electrons. The van der Waals surface area contributed by atoms with Gasteiger partial charge in [-0.15, -0.1) is 0 Å². The Morgan fingerprint density at radius 1 is 1.18 bits per heavy atom. The summed E-state index contributed by atoms with van der Waals surface area (Å²) in [5.74, 6) is -1.88. The van der Waals surface area contributed by atoms with Crippen molar-refractivity contribution in [3.8, 4) is 11.1 Å². The van der Waals surface area contributed by atoms with E-state index in [4.69, 9.17) is 4.74 Å². The van der Waals surface area contributed by atoms with E-state index in [1.165, 1.54) is 6.07 Å². The first kappa shape index (κ1) is 22.0. The SMILES string of the molecule is CC1=C(C(=O)NCC2CCO2)c2cc(-c3cc(CN4CCCC4)cc(F)c3F)ccc2NC1. The molecule has 3 heterocycles. The Bertz CT molecular complexity index is 1100. The van der Waals surface area contributed by atoms with Crippen molar-refractivity contribution in [3.05, 3.63) is 58.7 Å². The maximum atomic E-state index is 14.9. The molecule has 0 bridgehead atoms. The van der Waals surface area contributed by atoms with E-state index in [-0.39, 0.29) is 17.6 Å². The molecule has 7 heteroatoms. The Morgan fingerprint density at radius 3 is 2.70 bits per heavy atom. The van der Waals surface area contributed by atoms with E-state index < -0.39 is 11.6 Å². The van der Waals surface area contributed by atoms with Crippen molar-refractivity contribution in [1.82, 2.24) is 10.2 Å². The number of carbonyl (C=O) groups is 1. The fourth-order valence-corrected chi connectivity index (χ4v) is 4.82. The number of halogens is 2. The van der Waals surface area contributed by atoms with Crippen LogP contribution in [0.5, 0.6) is 0 Å². The van der Waals surface area contributed by atoms with E-state index in [9.17, 15) is 13.6 Å². The Balaban J connectivity index is 1.46. The van der Waals surface area contributed by atoms with Gasteiger partial charge in [-0.25, -0.2) is 8.78 Å². The first-order valence-electron chi connectivity index (χ1n) is 11.7. The zero-order valence-corrected chi connectivity index (χ0v) is 18.8. The molecule has 1 amide bonds. The number of nitrogens with zero attached hydrogens (tertiary/aromatic N) is 1. The van der Waals surface area contributed by atoms with Crippen molar-refractivity contribution >= 4 is 17.2 Å². The number of amides is 1. The molecule has 5 nitrogen and oxygen atoms in total. The molecule has 2 aromatic rings. The summed E-state index contributed by atoms with van der Waals surface area (Å²) >= 11 is 0. The van der Waals surface area contributed by atoms with E-state index in [2.05, 4.69) is 15.5 Å². The Labute approximate surface area is 192 Å². The number of hydrogen-bond donors (Lipinski definition) is 2. The molecule has 2 saturated heterocycles. The number of benzene rings is 2. The minimum absolute atomic E-state index is 0.0674. The first-order valence-corrected chi connectivity index (χ1v) is 11.7. The maximum absolute atomic E-state index is 14.9. The molecule has 2 fully saturated rings. The van der Waals surface area contributed by atoms with Crippen LogP contribution >= 0.6 is 0 Å². The number of anilines is 1. The highest BCUT2D eigenvalue weighted by atomic mass is 19.2. The zero-order valence-electron chi connectivity index (χ0n) is 18.8. The molecule has 3 aliphatic heterocycles. The molecule has 2 N–H and O–H groups in total. The molecule has 174 valence electrons. The highest BCUT2D eigenvalue weighted by Gasteiger charge is 2.26. The summed E-state index contributed by atoms with van der Waals surface area (Å²) in [5, 5.41) is 6.28. The van der Waals surface area contributed by atoms with Crippen LogP contribution in [0.2, 0.25) is 0 Å². The summed E-state index contributed by atoms with van der Waals surface area (Å²) in [7, 11) is 0. The Kier molecular flexibility index (Phi) is 6.17. The van der Waals surface area contributed by atoms with Crippen molar-refractivity contribution in [3.63, 3.8) is 0 Å². The summed E-state index contributed by atoms with van der Waals surface area (Å²) in [6.45, 7) is 6.23. The zero-order chi connectivity index (χ0) is 22.9. The molecule has 0 aliphatic carbocycles. The first-order chi connectivity index (χ1) is 16.0. The largest absolute Gasteiger partial charge is 0.381 e. The molecule has 5 rings (SSSR count). The third kappa shape index (κ3) is 4.52. The topological polar surface area (TPSA) is 53.6 Å². The highest BCUT2D eigenvalue weighted by molar-refractivity contribution is 6.22. The van der Waals surface area contributed by atoms with Gasteiger partial charge in [0.15, 0.2) is 11.6 Å². The molecular formula is C26H29F2N3O2. The van der Waals surface area contributed by atoms with Gasteiger partial charge in [0.2, 0.25) is 0 Å². The normalized spacial score (nSPS) is 20.3. The van der Waals surface area contributed by atoms with Crippen LogP contribution in [0.25, 0.3) is 16.7 Å². The van der Waals surface area contributed by atoms with Crippen LogP contribution in [0.4, 0.5) is 14.5 Å². The standard InChI is InChI=1S/C26H29F2N3O2/c1-16-13-29-23-5-4-18(12-21(23)24(16)26(32)30-14-19-6-9-33-19)20-10-17(11-22(27)25(20)28)15-31-7-2-3-8-31/h4-5,10-12,19,29H,2-3,6-9,13-15H2,1H3,(H,30,32). The third-order valence-electron chi connectivity index (χ3n) is 6.77. The van der Waals surface area contributed by atoms with Crippen molar-refractivity contribution in [1.29, 1.82) is 0 Å². The van der Waals surface area contributed by atoms with Gasteiger partial charge in [0, 0.05) is 48.6 Å². The fourth-order valence-electron chi connectivity index (χ4n) is 4.82. The lowest BCUT2D eigenvalue weighted by molar-refractivity contribution is -0.117. The van der Waals surface area contributed by atoms with Crippen LogP contribution < -0.4 is 10.6 Å². The number of likely N-dealkylation sites (tertiary alicyclic amines) is 1.